The van der Waals surface area contributed by atoms with E-state index in [0.29, 0.717) is 19.1 Å². The van der Waals surface area contributed by atoms with Crippen LogP contribution in [0.15, 0.2) is 4.99 Å². The average Bonchev–Trinajstić information content (AvgIpc) is 2.58. The molecule has 148 valence electrons. The molecule has 0 aromatic carbocycles. The first-order valence-electron chi connectivity index (χ1n) is 9.27. The van der Waals surface area contributed by atoms with Gasteiger partial charge in [0.1, 0.15) is 0 Å². The summed E-state index contributed by atoms with van der Waals surface area (Å²) in [6, 6.07) is 0. The molecule has 0 spiro atoms. The maximum absolute atomic E-state index is 12.0. The number of carbonyl (C=O) groups is 1. The number of likely N-dealkylation sites (tertiary alicyclic amines) is 1. The Morgan fingerprint density at radius 1 is 1.32 bits per heavy atom. The Morgan fingerprint density at radius 3 is 2.60 bits per heavy atom. The lowest BCUT2D eigenvalue weighted by Gasteiger charge is -2.34. The maximum atomic E-state index is 12.0. The summed E-state index contributed by atoms with van der Waals surface area (Å²) >= 11 is 0. The first-order valence-corrected chi connectivity index (χ1v) is 9.27. The highest BCUT2D eigenvalue weighted by Crippen LogP contribution is 2.18. The largest absolute Gasteiger partial charge is 0.466 e. The van der Waals surface area contributed by atoms with Gasteiger partial charge in [0.15, 0.2) is 5.96 Å². The molecule has 0 aromatic rings. The second kappa shape index (κ2) is 13.6. The molecule has 1 saturated heterocycles. The van der Waals surface area contributed by atoms with Crippen molar-refractivity contribution in [1.29, 1.82) is 0 Å². The third-order valence-electron chi connectivity index (χ3n) is 4.39. The zero-order valence-electron chi connectivity index (χ0n) is 16.4. The summed E-state index contributed by atoms with van der Waals surface area (Å²) in [5, 5.41) is 3.42. The summed E-state index contributed by atoms with van der Waals surface area (Å²) in [7, 11) is 1.79. The molecule has 0 radical (unpaired) electrons. The Balaban J connectivity index is 0.00000576. The summed E-state index contributed by atoms with van der Waals surface area (Å²) in [6.45, 7) is 11.9. The molecule has 7 heteroatoms. The van der Waals surface area contributed by atoms with E-state index in [2.05, 4.69) is 29.1 Å². The minimum Gasteiger partial charge on any atom is -0.466 e. The van der Waals surface area contributed by atoms with Crippen LogP contribution >= 0.6 is 24.0 Å². The highest BCUT2D eigenvalue weighted by molar-refractivity contribution is 14.0. The van der Waals surface area contributed by atoms with Crippen molar-refractivity contribution in [2.45, 2.75) is 53.1 Å². The van der Waals surface area contributed by atoms with Gasteiger partial charge in [0.05, 0.1) is 18.6 Å². The highest BCUT2D eigenvalue weighted by atomic mass is 127. The van der Waals surface area contributed by atoms with Gasteiger partial charge in [0, 0.05) is 33.3 Å². The van der Waals surface area contributed by atoms with Crippen LogP contribution in [0.2, 0.25) is 0 Å². The van der Waals surface area contributed by atoms with Crippen molar-refractivity contribution >= 4 is 35.9 Å². The number of esters is 1. The fourth-order valence-corrected chi connectivity index (χ4v) is 3.10. The molecule has 0 amide bonds. The predicted octanol–water partition coefficient (Wildman–Crippen LogP) is 2.91. The Kier molecular flexibility index (Phi) is 13.3. The van der Waals surface area contributed by atoms with Gasteiger partial charge in [-0.15, -0.1) is 24.0 Å². The van der Waals surface area contributed by atoms with E-state index in [9.17, 15) is 4.79 Å². The molecule has 1 aliphatic rings. The van der Waals surface area contributed by atoms with E-state index in [0.717, 1.165) is 44.9 Å². The van der Waals surface area contributed by atoms with E-state index in [1.54, 1.807) is 7.05 Å². The molecule has 1 fully saturated rings. The molecule has 0 aromatic heterocycles. The van der Waals surface area contributed by atoms with Crippen molar-refractivity contribution in [3.05, 3.63) is 0 Å². The Labute approximate surface area is 170 Å². The molecule has 6 nitrogen and oxygen atoms in total. The molecule has 2 atom stereocenters. The van der Waals surface area contributed by atoms with Crippen molar-refractivity contribution in [2.75, 3.05) is 39.9 Å². The lowest BCUT2D eigenvalue weighted by molar-refractivity contribution is -0.149. The molecule has 1 heterocycles. The van der Waals surface area contributed by atoms with E-state index in [4.69, 9.17) is 9.47 Å². The van der Waals surface area contributed by atoms with Gasteiger partial charge in [-0.2, -0.15) is 0 Å². The van der Waals surface area contributed by atoms with E-state index in [1.165, 1.54) is 0 Å². The molecule has 0 saturated carbocycles. The van der Waals surface area contributed by atoms with Crippen molar-refractivity contribution in [1.82, 2.24) is 10.2 Å². The van der Waals surface area contributed by atoms with Crippen LogP contribution in [0.4, 0.5) is 0 Å². The van der Waals surface area contributed by atoms with Crippen LogP contribution in [0, 0.1) is 11.8 Å². The zero-order chi connectivity index (χ0) is 17.9. The van der Waals surface area contributed by atoms with Gasteiger partial charge in [-0.05, 0) is 39.0 Å². The number of aliphatic imine (C=N–C) groups is 1. The van der Waals surface area contributed by atoms with E-state index in [1.807, 2.05) is 13.8 Å². The number of ether oxygens (including phenoxy) is 2. The molecular formula is C18H36IN3O3. The number of hydrogen-bond acceptors (Lipinski definition) is 4. The number of carbonyl (C=O) groups excluding carboxylic acids is 1. The molecule has 2 unspecified atom stereocenters. The van der Waals surface area contributed by atoms with Gasteiger partial charge in [-0.3, -0.25) is 9.79 Å². The summed E-state index contributed by atoms with van der Waals surface area (Å²) in [6.07, 6.45) is 3.08. The monoisotopic (exact) mass is 469 g/mol. The second-order valence-corrected chi connectivity index (χ2v) is 6.54. The van der Waals surface area contributed by atoms with Gasteiger partial charge in [-0.25, -0.2) is 0 Å². The second-order valence-electron chi connectivity index (χ2n) is 6.54. The third kappa shape index (κ3) is 8.57. The predicted molar refractivity (Wildman–Crippen MR) is 113 cm³/mol. The molecule has 25 heavy (non-hydrogen) atoms. The summed E-state index contributed by atoms with van der Waals surface area (Å²) in [4.78, 5) is 18.5. The van der Waals surface area contributed by atoms with Crippen LogP contribution in [0.5, 0.6) is 0 Å². The average molecular weight is 469 g/mol. The summed E-state index contributed by atoms with van der Waals surface area (Å²) in [5.74, 6) is 1.22. The van der Waals surface area contributed by atoms with Gasteiger partial charge in [0.25, 0.3) is 0 Å². The Bertz CT molecular complexity index is 405. The molecule has 1 aliphatic heterocycles. The summed E-state index contributed by atoms with van der Waals surface area (Å²) < 4.78 is 11.0. The van der Waals surface area contributed by atoms with Crippen LogP contribution in [0.25, 0.3) is 0 Å². The number of guanidine groups is 1. The van der Waals surface area contributed by atoms with Crippen molar-refractivity contribution in [3.63, 3.8) is 0 Å². The Morgan fingerprint density at radius 2 is 2.04 bits per heavy atom. The number of nitrogens with zero attached hydrogens (tertiary/aromatic N) is 2. The fourth-order valence-electron chi connectivity index (χ4n) is 3.10. The van der Waals surface area contributed by atoms with Crippen molar-refractivity contribution in [2.24, 2.45) is 16.8 Å². The van der Waals surface area contributed by atoms with Crippen LogP contribution < -0.4 is 5.32 Å². The van der Waals surface area contributed by atoms with Crippen molar-refractivity contribution < 1.29 is 14.3 Å². The standard InChI is InChI=1S/C18H35N3O3.HI/c1-6-23-16(14(3)4)10-11-20-18(19-5)21-12-8-9-15(13-21)17(22)24-7-2;/h14-16H,6-13H2,1-5H3,(H,19,20);1H. The van der Waals surface area contributed by atoms with Gasteiger partial charge in [-0.1, -0.05) is 13.8 Å². The van der Waals surface area contributed by atoms with Gasteiger partial charge in [0.2, 0.25) is 0 Å². The maximum Gasteiger partial charge on any atom is 0.310 e. The SMILES string of the molecule is CCOC(=O)C1CCCN(C(=NC)NCCC(OCC)C(C)C)C1.I. The molecule has 1 rings (SSSR count). The lowest BCUT2D eigenvalue weighted by Crippen LogP contribution is -2.48. The summed E-state index contributed by atoms with van der Waals surface area (Å²) in [5.41, 5.74) is 0. The van der Waals surface area contributed by atoms with Gasteiger partial charge >= 0.3 is 5.97 Å². The van der Waals surface area contributed by atoms with Crippen LogP contribution in [0.3, 0.4) is 0 Å². The van der Waals surface area contributed by atoms with Crippen LogP contribution in [-0.2, 0) is 14.3 Å². The smallest absolute Gasteiger partial charge is 0.310 e. The minimum atomic E-state index is -0.0890. The lowest BCUT2D eigenvalue weighted by atomic mass is 9.98. The van der Waals surface area contributed by atoms with E-state index in [-0.39, 0.29) is 42.0 Å². The van der Waals surface area contributed by atoms with Crippen LogP contribution in [0.1, 0.15) is 47.0 Å². The minimum absolute atomic E-state index is 0. The van der Waals surface area contributed by atoms with Crippen molar-refractivity contribution in [3.8, 4) is 0 Å². The molecule has 0 bridgehead atoms. The first-order chi connectivity index (χ1) is 11.5. The third-order valence-corrected chi connectivity index (χ3v) is 4.39. The van der Waals surface area contributed by atoms with Crippen LogP contribution in [-0.4, -0.2) is 62.8 Å². The number of halogens is 1. The molecule has 1 N–H and O–H groups in total. The quantitative estimate of drug-likeness (QED) is 0.256. The topological polar surface area (TPSA) is 63.2 Å². The molecular weight excluding hydrogens is 433 g/mol. The first kappa shape index (κ1) is 24.4. The van der Waals surface area contributed by atoms with E-state index >= 15 is 0 Å². The number of nitrogens with one attached hydrogen (secondary N) is 1. The highest BCUT2D eigenvalue weighted by Gasteiger charge is 2.28. The number of piperidine rings is 1. The normalized spacial score (nSPS) is 19.4. The molecule has 0 aliphatic carbocycles. The van der Waals surface area contributed by atoms with E-state index < -0.39 is 0 Å². The fraction of sp³-hybridized carbons (Fsp3) is 0.889. The zero-order valence-corrected chi connectivity index (χ0v) is 18.7. The van der Waals surface area contributed by atoms with Gasteiger partial charge < -0.3 is 19.7 Å². The number of rotatable bonds is 8. The number of hydrogen-bond donors (Lipinski definition) is 1. The Hall–Kier alpha value is -0.570.